The number of ketones is 1. The van der Waals surface area contributed by atoms with E-state index < -0.39 is 7.12 Å². The van der Waals surface area contributed by atoms with Crippen LogP contribution in [-0.2, 0) is 4.79 Å². The molecule has 0 saturated carbocycles. The first-order chi connectivity index (χ1) is 6.02. The van der Waals surface area contributed by atoms with Gasteiger partial charge in [-0.3, -0.25) is 4.79 Å². The monoisotopic (exact) mass is 182 g/mol. The highest BCUT2D eigenvalue weighted by atomic mass is 16.4. The third kappa shape index (κ3) is 2.42. The summed E-state index contributed by atoms with van der Waals surface area (Å²) in [6.45, 7) is 4.15. The minimum Gasteiger partial charge on any atom is -0.423 e. The quantitative estimate of drug-likeness (QED) is 0.613. The molecule has 0 saturated heterocycles. The van der Waals surface area contributed by atoms with Crippen LogP contribution in [0, 0.1) is 11.8 Å². The highest BCUT2D eigenvalue weighted by molar-refractivity contribution is 6.58. The van der Waals surface area contributed by atoms with E-state index in [1.165, 1.54) is 0 Å². The predicted octanol–water partition coefficient (Wildman–Crippen LogP) is 0.560. The van der Waals surface area contributed by atoms with E-state index in [-0.39, 0.29) is 11.3 Å². The van der Waals surface area contributed by atoms with Crippen LogP contribution in [0.3, 0.4) is 0 Å². The van der Waals surface area contributed by atoms with Gasteiger partial charge in [0.2, 0.25) is 0 Å². The fourth-order valence-corrected chi connectivity index (χ4v) is 1.59. The van der Waals surface area contributed by atoms with Gasteiger partial charge in [0.25, 0.3) is 0 Å². The summed E-state index contributed by atoms with van der Waals surface area (Å²) < 4.78 is 0. The van der Waals surface area contributed by atoms with E-state index >= 15 is 0 Å². The Balaban J connectivity index is 2.70. The van der Waals surface area contributed by atoms with E-state index in [2.05, 4.69) is 13.8 Å². The molecule has 0 aromatic heterocycles. The molecule has 0 spiro atoms. The normalized spacial score (nSPS) is 23.3. The van der Waals surface area contributed by atoms with Crippen molar-refractivity contribution in [1.82, 2.24) is 0 Å². The fourth-order valence-electron chi connectivity index (χ4n) is 1.59. The van der Waals surface area contributed by atoms with E-state index in [4.69, 9.17) is 10.0 Å². The molecule has 0 fully saturated rings. The standard InChI is InChI=1S/C9H15BO3/c1-6(2)7-3-4-8(10(12)13)9(11)5-7/h4,6-7,12-13H,3,5H2,1-2H3/t7-/m1/s1. The largest absolute Gasteiger partial charge is 0.491 e. The van der Waals surface area contributed by atoms with E-state index in [1.807, 2.05) is 0 Å². The highest BCUT2D eigenvalue weighted by Crippen LogP contribution is 2.27. The molecule has 0 aliphatic heterocycles. The van der Waals surface area contributed by atoms with Gasteiger partial charge in [0.15, 0.2) is 5.78 Å². The van der Waals surface area contributed by atoms with Gasteiger partial charge in [0.05, 0.1) is 0 Å². The molecular weight excluding hydrogens is 167 g/mol. The first-order valence-electron chi connectivity index (χ1n) is 4.61. The maximum Gasteiger partial charge on any atom is 0.491 e. The molecule has 0 bridgehead atoms. The Labute approximate surface area is 78.6 Å². The smallest absolute Gasteiger partial charge is 0.423 e. The van der Waals surface area contributed by atoms with Gasteiger partial charge in [0, 0.05) is 11.9 Å². The average Bonchev–Trinajstić information content (AvgIpc) is 2.03. The van der Waals surface area contributed by atoms with Crippen LogP contribution in [0.25, 0.3) is 0 Å². The summed E-state index contributed by atoms with van der Waals surface area (Å²) in [6, 6.07) is 0. The number of hydrogen-bond acceptors (Lipinski definition) is 3. The topological polar surface area (TPSA) is 57.5 Å². The van der Waals surface area contributed by atoms with E-state index in [1.54, 1.807) is 6.08 Å². The van der Waals surface area contributed by atoms with Gasteiger partial charge in [-0.05, 0) is 18.3 Å². The van der Waals surface area contributed by atoms with Gasteiger partial charge in [-0.2, -0.15) is 0 Å². The molecule has 0 radical (unpaired) electrons. The van der Waals surface area contributed by atoms with Crippen molar-refractivity contribution in [2.75, 3.05) is 0 Å². The lowest BCUT2D eigenvalue weighted by atomic mass is 9.69. The Morgan fingerprint density at radius 1 is 1.54 bits per heavy atom. The van der Waals surface area contributed by atoms with Crippen molar-refractivity contribution in [3.05, 3.63) is 11.5 Å². The third-order valence-electron chi connectivity index (χ3n) is 2.63. The molecule has 0 unspecified atom stereocenters. The van der Waals surface area contributed by atoms with Crippen LogP contribution in [0.2, 0.25) is 0 Å². The molecule has 0 aromatic rings. The fraction of sp³-hybridized carbons (Fsp3) is 0.667. The summed E-state index contributed by atoms with van der Waals surface area (Å²) in [4.78, 5) is 11.4. The van der Waals surface area contributed by atoms with Crippen molar-refractivity contribution in [3.63, 3.8) is 0 Å². The summed E-state index contributed by atoms with van der Waals surface area (Å²) >= 11 is 0. The van der Waals surface area contributed by atoms with E-state index in [9.17, 15) is 4.79 Å². The zero-order valence-electron chi connectivity index (χ0n) is 8.03. The lowest BCUT2D eigenvalue weighted by molar-refractivity contribution is -0.116. The first kappa shape index (κ1) is 10.5. The van der Waals surface area contributed by atoms with Crippen LogP contribution < -0.4 is 0 Å². The number of hydrogen-bond donors (Lipinski definition) is 2. The Kier molecular flexibility index (Phi) is 3.28. The van der Waals surface area contributed by atoms with Crippen LogP contribution in [0.15, 0.2) is 11.5 Å². The number of Topliss-reactive ketones (excluding diaryl/α,β-unsaturated/α-hetero) is 1. The lowest BCUT2D eigenvalue weighted by Gasteiger charge is -2.23. The average molecular weight is 182 g/mol. The van der Waals surface area contributed by atoms with Crippen molar-refractivity contribution in [2.45, 2.75) is 26.7 Å². The van der Waals surface area contributed by atoms with Crippen LogP contribution in [0.5, 0.6) is 0 Å². The van der Waals surface area contributed by atoms with Crippen molar-refractivity contribution >= 4 is 12.9 Å². The maximum absolute atomic E-state index is 11.4. The molecule has 4 heteroatoms. The summed E-state index contributed by atoms with van der Waals surface area (Å²) in [5.41, 5.74) is 0.164. The predicted molar refractivity (Wildman–Crippen MR) is 50.8 cm³/mol. The Morgan fingerprint density at radius 3 is 2.54 bits per heavy atom. The molecule has 2 N–H and O–H groups in total. The van der Waals surface area contributed by atoms with Crippen LogP contribution in [0.4, 0.5) is 0 Å². The van der Waals surface area contributed by atoms with Crippen molar-refractivity contribution in [2.24, 2.45) is 11.8 Å². The van der Waals surface area contributed by atoms with E-state index in [0.717, 1.165) is 6.42 Å². The second kappa shape index (κ2) is 4.07. The van der Waals surface area contributed by atoms with Gasteiger partial charge >= 0.3 is 7.12 Å². The summed E-state index contributed by atoms with van der Waals surface area (Å²) in [5, 5.41) is 17.7. The number of rotatable bonds is 2. The minimum absolute atomic E-state index is 0.125. The van der Waals surface area contributed by atoms with Crippen LogP contribution in [-0.4, -0.2) is 22.9 Å². The van der Waals surface area contributed by atoms with Crippen molar-refractivity contribution in [3.8, 4) is 0 Å². The molecule has 0 amide bonds. The minimum atomic E-state index is -1.60. The summed E-state index contributed by atoms with van der Waals surface area (Å²) in [5.74, 6) is 0.701. The molecule has 1 atom stereocenters. The molecular formula is C9H15BO3. The second-order valence-corrected chi connectivity index (χ2v) is 3.90. The summed E-state index contributed by atoms with van der Waals surface area (Å²) in [7, 11) is -1.60. The SMILES string of the molecule is CC(C)[C@@H]1CC=C(B(O)O)C(=O)C1. The number of carbonyl (C=O) groups is 1. The third-order valence-corrected chi connectivity index (χ3v) is 2.63. The first-order valence-corrected chi connectivity index (χ1v) is 4.61. The van der Waals surface area contributed by atoms with Crippen molar-refractivity contribution in [1.29, 1.82) is 0 Å². The number of allylic oxidation sites excluding steroid dienone is 2. The van der Waals surface area contributed by atoms with Crippen molar-refractivity contribution < 1.29 is 14.8 Å². The molecule has 72 valence electrons. The maximum atomic E-state index is 11.4. The molecule has 1 aliphatic carbocycles. The molecule has 1 rings (SSSR count). The van der Waals surface area contributed by atoms with Crippen LogP contribution in [0.1, 0.15) is 26.7 Å². The highest BCUT2D eigenvalue weighted by Gasteiger charge is 2.29. The van der Waals surface area contributed by atoms with E-state index in [0.29, 0.717) is 18.3 Å². The van der Waals surface area contributed by atoms with Gasteiger partial charge in [-0.25, -0.2) is 0 Å². The Hall–Kier alpha value is -0.605. The molecule has 3 nitrogen and oxygen atoms in total. The summed E-state index contributed by atoms with van der Waals surface area (Å²) in [6.07, 6.45) is 2.87. The Morgan fingerprint density at radius 2 is 2.15 bits per heavy atom. The second-order valence-electron chi connectivity index (χ2n) is 3.90. The molecule has 1 aliphatic rings. The van der Waals surface area contributed by atoms with Crippen LogP contribution >= 0.6 is 0 Å². The lowest BCUT2D eigenvalue weighted by Crippen LogP contribution is -2.28. The zero-order chi connectivity index (χ0) is 10.0. The number of carbonyl (C=O) groups excluding carboxylic acids is 1. The van der Waals surface area contributed by atoms with Gasteiger partial charge in [-0.1, -0.05) is 19.9 Å². The zero-order valence-corrected chi connectivity index (χ0v) is 8.03. The van der Waals surface area contributed by atoms with Gasteiger partial charge < -0.3 is 10.0 Å². The molecule has 0 heterocycles. The molecule has 0 aromatic carbocycles. The van der Waals surface area contributed by atoms with Gasteiger partial charge in [0.1, 0.15) is 0 Å². The molecule has 13 heavy (non-hydrogen) atoms. The van der Waals surface area contributed by atoms with Gasteiger partial charge in [-0.15, -0.1) is 0 Å². The Bertz CT molecular complexity index is 233.